The van der Waals surface area contributed by atoms with Gasteiger partial charge in [-0.3, -0.25) is 0 Å². The van der Waals surface area contributed by atoms with Crippen molar-refractivity contribution in [3.05, 3.63) is 58.9 Å². The highest BCUT2D eigenvalue weighted by Gasteiger charge is 2.12. The summed E-state index contributed by atoms with van der Waals surface area (Å²) in [6.07, 6.45) is 1.50. The number of carboxylic acids is 1. The normalized spacial score (nSPS) is 10.3. The summed E-state index contributed by atoms with van der Waals surface area (Å²) < 4.78 is 0. The zero-order chi connectivity index (χ0) is 13.0. The van der Waals surface area contributed by atoms with Crippen LogP contribution < -0.4 is 0 Å². The Morgan fingerprint density at radius 1 is 1.33 bits per heavy atom. The van der Waals surface area contributed by atoms with Crippen LogP contribution in [0, 0.1) is 0 Å². The van der Waals surface area contributed by atoms with Crippen LogP contribution in [0.15, 0.2) is 47.5 Å². The molecule has 0 saturated carbocycles. The molecule has 5 heteroatoms. The minimum absolute atomic E-state index is 0.191. The van der Waals surface area contributed by atoms with E-state index in [2.05, 4.69) is 4.98 Å². The Bertz CT molecular complexity index is 560. The number of aromatic carboxylic acids is 1. The number of hydrogen-bond donors (Lipinski definition) is 1. The van der Waals surface area contributed by atoms with Gasteiger partial charge in [0.15, 0.2) is 0 Å². The molecule has 1 heterocycles. The first-order chi connectivity index (χ1) is 8.66. The molecule has 0 bridgehead atoms. The smallest absolute Gasteiger partial charge is 0.336 e. The van der Waals surface area contributed by atoms with E-state index in [9.17, 15) is 4.79 Å². The van der Waals surface area contributed by atoms with Gasteiger partial charge < -0.3 is 5.11 Å². The van der Waals surface area contributed by atoms with Crippen LogP contribution in [-0.2, 0) is 5.75 Å². The molecule has 0 fully saturated rings. The van der Waals surface area contributed by atoms with Crippen LogP contribution in [0.5, 0.6) is 0 Å². The van der Waals surface area contributed by atoms with E-state index >= 15 is 0 Å². The maximum atomic E-state index is 11.1. The fourth-order valence-electron chi connectivity index (χ4n) is 1.43. The summed E-state index contributed by atoms with van der Waals surface area (Å²) in [7, 11) is 0. The average Bonchev–Trinajstić information content (AvgIpc) is 2.38. The highest BCUT2D eigenvalue weighted by Crippen LogP contribution is 2.27. The van der Waals surface area contributed by atoms with E-state index in [1.165, 1.54) is 24.0 Å². The quantitative estimate of drug-likeness (QED) is 0.684. The molecule has 0 amide bonds. The Morgan fingerprint density at radius 3 is 2.72 bits per heavy atom. The summed E-state index contributed by atoms with van der Waals surface area (Å²) in [6, 6.07) is 11.2. The van der Waals surface area contributed by atoms with E-state index in [1.54, 1.807) is 0 Å². The number of nitrogens with zero attached hydrogens (tertiary/aromatic N) is 1. The minimum Gasteiger partial charge on any atom is -0.478 e. The number of halogens is 1. The molecule has 1 aromatic heterocycles. The summed E-state index contributed by atoms with van der Waals surface area (Å²) in [5, 5.41) is 9.28. The number of hydrogen-bond acceptors (Lipinski definition) is 3. The lowest BCUT2D eigenvalue weighted by Gasteiger charge is -2.05. The van der Waals surface area contributed by atoms with Gasteiger partial charge in [-0.25, -0.2) is 9.78 Å². The molecule has 0 atom stereocenters. The minimum atomic E-state index is -0.991. The Balaban J connectivity index is 2.17. The van der Waals surface area contributed by atoms with E-state index in [1.807, 2.05) is 30.3 Å². The van der Waals surface area contributed by atoms with Gasteiger partial charge in [0.1, 0.15) is 5.15 Å². The third-order valence-electron chi connectivity index (χ3n) is 2.30. The van der Waals surface area contributed by atoms with Gasteiger partial charge in [0.25, 0.3) is 0 Å². The van der Waals surface area contributed by atoms with E-state index in [-0.39, 0.29) is 10.7 Å². The van der Waals surface area contributed by atoms with Gasteiger partial charge >= 0.3 is 5.97 Å². The molecule has 3 nitrogen and oxygen atoms in total. The predicted octanol–water partition coefficient (Wildman–Crippen LogP) is 3.73. The zero-order valence-electron chi connectivity index (χ0n) is 9.34. The molecule has 1 N–H and O–H groups in total. The third kappa shape index (κ3) is 3.24. The Labute approximate surface area is 114 Å². The maximum absolute atomic E-state index is 11.1. The third-order valence-corrected chi connectivity index (χ3v) is 3.62. The largest absolute Gasteiger partial charge is 0.478 e. The summed E-state index contributed by atoms with van der Waals surface area (Å²) >= 11 is 7.13. The molecule has 2 rings (SSSR count). The molecule has 2 aromatic rings. The second-order valence-electron chi connectivity index (χ2n) is 3.58. The average molecular weight is 280 g/mol. The molecule has 0 spiro atoms. The van der Waals surface area contributed by atoms with Gasteiger partial charge in [-0.1, -0.05) is 41.9 Å². The van der Waals surface area contributed by atoms with Crippen molar-refractivity contribution in [3.8, 4) is 0 Å². The SMILES string of the molecule is O=C(O)c1cc(Cl)ncc1SCc1ccccc1. The molecule has 0 aliphatic carbocycles. The van der Waals surface area contributed by atoms with Gasteiger partial charge in [0.05, 0.1) is 5.56 Å². The maximum Gasteiger partial charge on any atom is 0.336 e. The fourth-order valence-corrected chi connectivity index (χ4v) is 2.54. The Morgan fingerprint density at radius 2 is 2.06 bits per heavy atom. The highest BCUT2D eigenvalue weighted by molar-refractivity contribution is 7.98. The topological polar surface area (TPSA) is 50.2 Å². The molecular weight excluding hydrogens is 270 g/mol. The van der Waals surface area contributed by atoms with Gasteiger partial charge in [0, 0.05) is 16.8 Å². The number of carboxylic acid groups (broad SMARTS) is 1. The molecule has 1 aromatic carbocycles. The van der Waals surface area contributed by atoms with Gasteiger partial charge in [-0.05, 0) is 11.6 Å². The fraction of sp³-hybridized carbons (Fsp3) is 0.0769. The van der Waals surface area contributed by atoms with E-state index < -0.39 is 5.97 Å². The van der Waals surface area contributed by atoms with E-state index in [0.29, 0.717) is 10.6 Å². The van der Waals surface area contributed by atoms with Crippen LogP contribution in [0.2, 0.25) is 5.15 Å². The van der Waals surface area contributed by atoms with Crippen molar-refractivity contribution in [1.82, 2.24) is 4.98 Å². The van der Waals surface area contributed by atoms with Gasteiger partial charge in [0.2, 0.25) is 0 Å². The van der Waals surface area contributed by atoms with E-state index in [4.69, 9.17) is 16.7 Å². The molecule has 0 radical (unpaired) electrons. The van der Waals surface area contributed by atoms with Crippen LogP contribution >= 0.6 is 23.4 Å². The van der Waals surface area contributed by atoms with Gasteiger partial charge in [-0.15, -0.1) is 11.8 Å². The van der Waals surface area contributed by atoms with Crippen molar-refractivity contribution in [2.45, 2.75) is 10.6 Å². The van der Waals surface area contributed by atoms with Crippen LogP contribution in [0.4, 0.5) is 0 Å². The van der Waals surface area contributed by atoms with Crippen molar-refractivity contribution in [1.29, 1.82) is 0 Å². The summed E-state index contributed by atoms with van der Waals surface area (Å²) in [5.74, 6) is -0.292. The first-order valence-electron chi connectivity index (χ1n) is 5.22. The second-order valence-corrected chi connectivity index (χ2v) is 4.99. The number of pyridine rings is 1. The molecule has 0 aliphatic heterocycles. The Kier molecular flexibility index (Phi) is 4.23. The van der Waals surface area contributed by atoms with Gasteiger partial charge in [-0.2, -0.15) is 0 Å². The van der Waals surface area contributed by atoms with E-state index in [0.717, 1.165) is 5.56 Å². The lowest BCUT2D eigenvalue weighted by atomic mass is 10.2. The first-order valence-corrected chi connectivity index (χ1v) is 6.59. The predicted molar refractivity (Wildman–Crippen MR) is 72.2 cm³/mol. The Hall–Kier alpha value is -1.52. The molecule has 0 unspecified atom stereocenters. The number of carbonyl (C=O) groups is 1. The lowest BCUT2D eigenvalue weighted by Crippen LogP contribution is -2.00. The number of benzene rings is 1. The lowest BCUT2D eigenvalue weighted by molar-refractivity contribution is 0.0693. The van der Waals surface area contributed by atoms with Crippen LogP contribution in [0.3, 0.4) is 0 Å². The summed E-state index contributed by atoms with van der Waals surface area (Å²) in [6.45, 7) is 0. The molecular formula is C13H10ClNO2S. The van der Waals surface area contributed by atoms with Crippen molar-refractivity contribution in [2.24, 2.45) is 0 Å². The highest BCUT2D eigenvalue weighted by atomic mass is 35.5. The van der Waals surface area contributed by atoms with Crippen molar-refractivity contribution in [3.63, 3.8) is 0 Å². The van der Waals surface area contributed by atoms with Crippen molar-refractivity contribution in [2.75, 3.05) is 0 Å². The molecule has 0 saturated heterocycles. The molecule has 92 valence electrons. The zero-order valence-corrected chi connectivity index (χ0v) is 10.9. The number of thioether (sulfide) groups is 1. The summed E-state index contributed by atoms with van der Waals surface area (Å²) in [5.41, 5.74) is 1.32. The number of aromatic nitrogens is 1. The number of rotatable bonds is 4. The monoisotopic (exact) mass is 279 g/mol. The van der Waals surface area contributed by atoms with Crippen LogP contribution in [0.1, 0.15) is 15.9 Å². The van der Waals surface area contributed by atoms with Crippen molar-refractivity contribution < 1.29 is 9.90 Å². The van der Waals surface area contributed by atoms with Crippen LogP contribution in [0.25, 0.3) is 0 Å². The summed E-state index contributed by atoms with van der Waals surface area (Å²) in [4.78, 5) is 15.6. The second kappa shape index (κ2) is 5.89. The molecule has 18 heavy (non-hydrogen) atoms. The standard InChI is InChI=1S/C13H10ClNO2S/c14-12-6-10(13(16)17)11(7-15-12)18-8-9-4-2-1-3-5-9/h1-7H,8H2,(H,16,17). The molecule has 0 aliphatic rings. The van der Waals surface area contributed by atoms with Crippen LogP contribution in [-0.4, -0.2) is 16.1 Å². The first kappa shape index (κ1) is 12.9. The van der Waals surface area contributed by atoms with Crippen molar-refractivity contribution >= 4 is 29.3 Å².